The lowest BCUT2D eigenvalue weighted by molar-refractivity contribution is 0.353. The number of anilines is 3. The second-order valence-electron chi connectivity index (χ2n) is 7.88. The number of nitrogens with one attached hydrogen (secondary N) is 1. The number of hydrogen-bond acceptors (Lipinski definition) is 6. The van der Waals surface area contributed by atoms with Crippen LogP contribution in [0.1, 0.15) is 35.7 Å². The maximum atomic E-state index is 5.51. The Bertz CT molecular complexity index is 1050. The molecule has 1 N–H and O–H groups in total. The molecule has 0 bridgehead atoms. The summed E-state index contributed by atoms with van der Waals surface area (Å²) in [6.07, 6.45) is 3.29. The molecule has 1 aromatic heterocycles. The third-order valence-electron chi connectivity index (χ3n) is 5.76. The van der Waals surface area contributed by atoms with Gasteiger partial charge >= 0.3 is 0 Å². The van der Waals surface area contributed by atoms with Crippen LogP contribution in [-0.2, 0) is 13.0 Å². The van der Waals surface area contributed by atoms with Crippen molar-refractivity contribution in [2.45, 2.75) is 31.7 Å². The molecule has 0 atom stereocenters. The number of fused-ring (bicyclic) bond motifs is 1. The summed E-state index contributed by atoms with van der Waals surface area (Å²) in [5, 5.41) is 3.44. The quantitative estimate of drug-likeness (QED) is 0.646. The van der Waals surface area contributed by atoms with Crippen LogP contribution in [0.3, 0.4) is 0 Å². The van der Waals surface area contributed by atoms with Crippen molar-refractivity contribution in [1.29, 1.82) is 0 Å². The van der Waals surface area contributed by atoms with Crippen molar-refractivity contribution in [3.05, 3.63) is 65.5 Å². The fourth-order valence-electron chi connectivity index (χ4n) is 3.95. The molecule has 0 radical (unpaired) electrons. The van der Waals surface area contributed by atoms with E-state index in [9.17, 15) is 0 Å². The van der Waals surface area contributed by atoms with Gasteiger partial charge in [-0.2, -0.15) is 0 Å². The van der Waals surface area contributed by atoms with Gasteiger partial charge in [-0.3, -0.25) is 0 Å². The molecule has 6 nitrogen and oxygen atoms in total. The highest BCUT2D eigenvalue weighted by molar-refractivity contribution is 5.61. The largest absolute Gasteiger partial charge is 0.493 e. The summed E-state index contributed by atoms with van der Waals surface area (Å²) in [4.78, 5) is 12.1. The molecule has 1 saturated carbocycles. The molecule has 0 amide bonds. The molecule has 154 valence electrons. The number of benzene rings is 2. The summed E-state index contributed by atoms with van der Waals surface area (Å²) in [7, 11) is 3.36. The van der Waals surface area contributed by atoms with Crippen LogP contribution < -0.4 is 19.7 Å². The van der Waals surface area contributed by atoms with Crippen molar-refractivity contribution in [3.63, 3.8) is 0 Å². The van der Waals surface area contributed by atoms with E-state index in [2.05, 4.69) is 40.5 Å². The normalized spacial score (nSPS) is 15.5. The number of nitrogens with zero attached hydrogens (tertiary/aromatic N) is 3. The van der Waals surface area contributed by atoms with E-state index in [1.165, 1.54) is 24.0 Å². The topological polar surface area (TPSA) is 59.5 Å². The fraction of sp³-hybridized carbons (Fsp3) is 0.333. The molecule has 30 heavy (non-hydrogen) atoms. The highest BCUT2D eigenvalue weighted by atomic mass is 16.5. The highest BCUT2D eigenvalue weighted by Gasteiger charge is 2.29. The number of para-hydroxylation sites is 1. The van der Waals surface area contributed by atoms with Crippen molar-refractivity contribution in [3.8, 4) is 11.5 Å². The first-order valence-corrected chi connectivity index (χ1v) is 10.4. The first-order chi connectivity index (χ1) is 14.7. The Morgan fingerprint density at radius 3 is 2.37 bits per heavy atom. The van der Waals surface area contributed by atoms with E-state index >= 15 is 0 Å². The Hall–Kier alpha value is -3.28. The second-order valence-corrected chi connectivity index (χ2v) is 7.88. The Labute approximate surface area is 176 Å². The van der Waals surface area contributed by atoms with Gasteiger partial charge < -0.3 is 19.7 Å². The molecule has 2 heterocycles. The molecule has 1 fully saturated rings. The summed E-state index contributed by atoms with van der Waals surface area (Å²) in [6, 6.07) is 16.4. The van der Waals surface area contributed by atoms with E-state index < -0.39 is 0 Å². The van der Waals surface area contributed by atoms with E-state index in [1.807, 2.05) is 18.2 Å². The van der Waals surface area contributed by atoms with Gasteiger partial charge in [-0.05, 0) is 54.7 Å². The van der Waals surface area contributed by atoms with Crippen molar-refractivity contribution >= 4 is 17.3 Å². The first-order valence-electron chi connectivity index (χ1n) is 10.4. The fourth-order valence-corrected chi connectivity index (χ4v) is 3.95. The lowest BCUT2D eigenvalue weighted by Gasteiger charge is -2.31. The van der Waals surface area contributed by atoms with Gasteiger partial charge in [-0.25, -0.2) is 9.97 Å². The molecule has 0 saturated heterocycles. The van der Waals surface area contributed by atoms with Crippen LogP contribution in [0.2, 0.25) is 0 Å². The van der Waals surface area contributed by atoms with E-state index in [-0.39, 0.29) is 0 Å². The van der Waals surface area contributed by atoms with E-state index in [0.29, 0.717) is 5.92 Å². The first kappa shape index (κ1) is 18.7. The van der Waals surface area contributed by atoms with Crippen LogP contribution >= 0.6 is 0 Å². The zero-order valence-corrected chi connectivity index (χ0v) is 17.4. The molecular weight excluding hydrogens is 376 g/mol. The summed E-state index contributed by atoms with van der Waals surface area (Å²) < 4.78 is 11.0. The zero-order valence-electron chi connectivity index (χ0n) is 17.4. The van der Waals surface area contributed by atoms with Crippen molar-refractivity contribution in [2.75, 3.05) is 31.0 Å². The van der Waals surface area contributed by atoms with Crippen LogP contribution in [0, 0.1) is 0 Å². The molecule has 0 spiro atoms. The van der Waals surface area contributed by atoms with Gasteiger partial charge in [0.15, 0.2) is 11.5 Å². The Kier molecular flexibility index (Phi) is 4.91. The van der Waals surface area contributed by atoms with Crippen LogP contribution in [0.15, 0.2) is 48.5 Å². The van der Waals surface area contributed by atoms with Crippen molar-refractivity contribution in [1.82, 2.24) is 9.97 Å². The van der Waals surface area contributed by atoms with Gasteiger partial charge in [0.1, 0.15) is 17.5 Å². The lowest BCUT2D eigenvalue weighted by Crippen LogP contribution is -2.31. The minimum absolute atomic E-state index is 0.489. The van der Waals surface area contributed by atoms with Crippen LogP contribution in [0.5, 0.6) is 11.5 Å². The number of rotatable bonds is 6. The smallest absolute Gasteiger partial charge is 0.161 e. The van der Waals surface area contributed by atoms with Crippen LogP contribution in [0.4, 0.5) is 17.3 Å². The predicted molar refractivity (Wildman–Crippen MR) is 118 cm³/mol. The molecule has 5 rings (SSSR count). The molecular formula is C24H26N4O2. The summed E-state index contributed by atoms with van der Waals surface area (Å²) in [6.45, 7) is 1.70. The van der Waals surface area contributed by atoms with Crippen LogP contribution in [-0.4, -0.2) is 30.7 Å². The van der Waals surface area contributed by atoms with E-state index in [0.717, 1.165) is 54.2 Å². The van der Waals surface area contributed by atoms with E-state index in [4.69, 9.17) is 19.4 Å². The van der Waals surface area contributed by atoms with Gasteiger partial charge in [0.2, 0.25) is 0 Å². The number of ether oxygens (including phenoxy) is 2. The SMILES string of the molecule is COc1cc2c(cc1OC)CN(c1cc(Nc3ccccc3)nc(C3CC3)n1)CC2. The summed E-state index contributed by atoms with van der Waals surface area (Å²) in [5.41, 5.74) is 3.59. The zero-order chi connectivity index (χ0) is 20.5. The maximum Gasteiger partial charge on any atom is 0.161 e. The highest BCUT2D eigenvalue weighted by Crippen LogP contribution is 2.40. The van der Waals surface area contributed by atoms with Crippen molar-refractivity contribution in [2.24, 2.45) is 0 Å². The maximum absolute atomic E-state index is 5.51. The standard InChI is InChI=1S/C24H26N4O2/c1-29-20-12-17-10-11-28(15-18(17)13-21(20)30-2)23-14-22(25-19-6-4-3-5-7-19)26-24(27-23)16-8-9-16/h3-7,12-14,16H,8-11,15H2,1-2H3,(H,25,26,27). The Morgan fingerprint density at radius 2 is 1.67 bits per heavy atom. The minimum Gasteiger partial charge on any atom is -0.493 e. The van der Waals surface area contributed by atoms with Gasteiger partial charge in [0.05, 0.1) is 14.2 Å². The lowest BCUT2D eigenvalue weighted by atomic mass is 9.99. The van der Waals surface area contributed by atoms with Gasteiger partial charge in [-0.1, -0.05) is 18.2 Å². The average molecular weight is 402 g/mol. The average Bonchev–Trinajstić information content (AvgIpc) is 3.64. The monoisotopic (exact) mass is 402 g/mol. The number of aromatic nitrogens is 2. The molecule has 1 aliphatic carbocycles. The minimum atomic E-state index is 0.489. The predicted octanol–water partition coefficient (Wildman–Crippen LogP) is 4.68. The van der Waals surface area contributed by atoms with Gasteiger partial charge in [0.25, 0.3) is 0 Å². The summed E-state index contributed by atoms with van der Waals surface area (Å²) in [5.74, 6) is 4.83. The second kappa shape index (κ2) is 7.86. The molecule has 6 heteroatoms. The van der Waals surface area contributed by atoms with Gasteiger partial charge in [-0.15, -0.1) is 0 Å². The molecule has 1 aliphatic heterocycles. The van der Waals surface area contributed by atoms with Crippen molar-refractivity contribution < 1.29 is 9.47 Å². The Balaban J connectivity index is 1.45. The summed E-state index contributed by atoms with van der Waals surface area (Å²) >= 11 is 0. The van der Waals surface area contributed by atoms with Crippen LogP contribution in [0.25, 0.3) is 0 Å². The number of hydrogen-bond donors (Lipinski definition) is 1. The molecule has 2 aromatic carbocycles. The molecule has 2 aliphatic rings. The van der Waals surface area contributed by atoms with Gasteiger partial charge in [0, 0.05) is 30.8 Å². The third-order valence-corrected chi connectivity index (χ3v) is 5.76. The Morgan fingerprint density at radius 1 is 0.933 bits per heavy atom. The van der Waals surface area contributed by atoms with E-state index in [1.54, 1.807) is 14.2 Å². The number of methoxy groups -OCH3 is 2. The molecule has 0 unspecified atom stereocenters. The molecule has 3 aromatic rings. The third kappa shape index (κ3) is 3.77.